The number of halogens is 1. The van der Waals surface area contributed by atoms with Crippen LogP contribution < -0.4 is 5.32 Å². The summed E-state index contributed by atoms with van der Waals surface area (Å²) in [7, 11) is 0. The van der Waals surface area contributed by atoms with Crippen molar-refractivity contribution in [1.82, 2.24) is 0 Å². The first-order chi connectivity index (χ1) is 7.19. The van der Waals surface area contributed by atoms with E-state index in [0.29, 0.717) is 0 Å². The molecule has 1 nitrogen and oxygen atoms in total. The Morgan fingerprint density at radius 1 is 1.27 bits per heavy atom. The number of nitrogens with one attached hydrogen (secondary N) is 1. The molecule has 15 heavy (non-hydrogen) atoms. The van der Waals surface area contributed by atoms with E-state index in [9.17, 15) is 4.39 Å². The van der Waals surface area contributed by atoms with Gasteiger partial charge in [0.25, 0.3) is 0 Å². The molecule has 0 saturated carbocycles. The van der Waals surface area contributed by atoms with Crippen molar-refractivity contribution in [1.29, 1.82) is 0 Å². The van der Waals surface area contributed by atoms with Gasteiger partial charge in [-0.25, -0.2) is 4.39 Å². The molecule has 1 rings (SSSR count). The Kier molecular flexibility index (Phi) is 4.60. The smallest absolute Gasteiger partial charge is 0.128 e. The van der Waals surface area contributed by atoms with Crippen LogP contribution in [0.2, 0.25) is 0 Å². The third-order valence-corrected chi connectivity index (χ3v) is 2.55. The van der Waals surface area contributed by atoms with Gasteiger partial charge in [-0.15, -0.1) is 0 Å². The predicted molar refractivity (Wildman–Crippen MR) is 63.9 cm³/mol. The zero-order valence-electron chi connectivity index (χ0n) is 9.86. The summed E-state index contributed by atoms with van der Waals surface area (Å²) in [4.78, 5) is 0. The van der Waals surface area contributed by atoms with Crippen molar-refractivity contribution >= 4 is 5.69 Å². The lowest BCUT2D eigenvalue weighted by Gasteiger charge is -2.12. The lowest BCUT2D eigenvalue weighted by Crippen LogP contribution is -2.02. The normalized spacial score (nSPS) is 10.4. The average Bonchev–Trinajstić information content (AvgIpc) is 2.21. The highest BCUT2D eigenvalue weighted by molar-refractivity contribution is 5.53. The summed E-state index contributed by atoms with van der Waals surface area (Å²) < 4.78 is 13.4. The largest absolute Gasteiger partial charge is 0.385 e. The molecule has 0 aromatic heterocycles. The molecule has 1 aromatic carbocycles. The zero-order valence-corrected chi connectivity index (χ0v) is 9.86. The molecule has 0 spiro atoms. The van der Waals surface area contributed by atoms with Crippen molar-refractivity contribution in [3.8, 4) is 0 Å². The number of aryl methyl sites for hydroxylation is 2. The van der Waals surface area contributed by atoms with Crippen molar-refractivity contribution in [3.05, 3.63) is 29.1 Å². The first kappa shape index (κ1) is 12.0. The van der Waals surface area contributed by atoms with E-state index in [1.165, 1.54) is 12.0 Å². The maximum atomic E-state index is 13.4. The Morgan fingerprint density at radius 2 is 2.00 bits per heavy atom. The highest BCUT2D eigenvalue weighted by atomic mass is 19.1. The van der Waals surface area contributed by atoms with E-state index in [0.717, 1.165) is 30.6 Å². The van der Waals surface area contributed by atoms with E-state index in [4.69, 9.17) is 0 Å². The maximum absolute atomic E-state index is 13.4. The topological polar surface area (TPSA) is 12.0 Å². The molecule has 0 fully saturated rings. The van der Waals surface area contributed by atoms with E-state index in [2.05, 4.69) is 12.2 Å². The molecule has 0 unspecified atom stereocenters. The Hall–Kier alpha value is -1.05. The Labute approximate surface area is 91.7 Å². The minimum Gasteiger partial charge on any atom is -0.385 e. The van der Waals surface area contributed by atoms with Gasteiger partial charge in [-0.1, -0.05) is 19.4 Å². The van der Waals surface area contributed by atoms with Gasteiger partial charge in [0.1, 0.15) is 5.82 Å². The summed E-state index contributed by atoms with van der Waals surface area (Å²) in [6.45, 7) is 6.85. The number of hydrogen-bond donors (Lipinski definition) is 1. The molecule has 0 aliphatic heterocycles. The van der Waals surface area contributed by atoms with E-state index in [1.54, 1.807) is 6.07 Å². The van der Waals surface area contributed by atoms with Gasteiger partial charge < -0.3 is 5.32 Å². The molecular weight excluding hydrogens is 189 g/mol. The molecule has 0 aliphatic carbocycles. The van der Waals surface area contributed by atoms with E-state index >= 15 is 0 Å². The van der Waals surface area contributed by atoms with Crippen LogP contribution in [0.3, 0.4) is 0 Å². The van der Waals surface area contributed by atoms with Crippen molar-refractivity contribution in [2.75, 3.05) is 11.9 Å². The van der Waals surface area contributed by atoms with Crippen LogP contribution in [-0.4, -0.2) is 6.54 Å². The molecule has 0 radical (unpaired) electrons. The van der Waals surface area contributed by atoms with Crippen molar-refractivity contribution in [3.63, 3.8) is 0 Å². The summed E-state index contributed by atoms with van der Waals surface area (Å²) in [5, 5.41) is 3.21. The van der Waals surface area contributed by atoms with E-state index < -0.39 is 0 Å². The third-order valence-electron chi connectivity index (χ3n) is 2.55. The number of anilines is 1. The lowest BCUT2D eigenvalue weighted by atomic mass is 10.0. The molecule has 1 aromatic rings. The molecule has 2 heteroatoms. The molecule has 0 bridgehead atoms. The van der Waals surface area contributed by atoms with E-state index in [1.807, 2.05) is 19.9 Å². The van der Waals surface area contributed by atoms with Gasteiger partial charge in [-0.05, 0) is 43.9 Å². The lowest BCUT2D eigenvalue weighted by molar-refractivity contribution is 0.617. The van der Waals surface area contributed by atoms with Crippen molar-refractivity contribution < 1.29 is 4.39 Å². The fourth-order valence-corrected chi connectivity index (χ4v) is 1.67. The molecule has 0 saturated heterocycles. The summed E-state index contributed by atoms with van der Waals surface area (Å²) in [6.07, 6.45) is 3.35. The van der Waals surface area contributed by atoms with Crippen LogP contribution in [0.5, 0.6) is 0 Å². The summed E-state index contributed by atoms with van der Waals surface area (Å²) in [5.74, 6) is -0.119. The van der Waals surface area contributed by atoms with Crippen molar-refractivity contribution in [2.45, 2.75) is 40.0 Å². The Balaban J connectivity index is 2.93. The Morgan fingerprint density at radius 3 is 2.60 bits per heavy atom. The average molecular weight is 209 g/mol. The standard InChI is InChI=1S/C13H20FN/c1-4-6-7-11-8-10(3)12(14)9-13(11)15-5-2/h8-9,15H,4-7H2,1-3H3. The van der Waals surface area contributed by atoms with Crippen LogP contribution in [0.25, 0.3) is 0 Å². The van der Waals surface area contributed by atoms with Gasteiger partial charge >= 0.3 is 0 Å². The first-order valence-corrected chi connectivity index (χ1v) is 5.72. The van der Waals surface area contributed by atoms with Crippen LogP contribution in [0.1, 0.15) is 37.8 Å². The molecular formula is C13H20FN. The molecule has 0 amide bonds. The van der Waals surface area contributed by atoms with Crippen LogP contribution in [0.15, 0.2) is 12.1 Å². The molecule has 84 valence electrons. The van der Waals surface area contributed by atoms with Gasteiger partial charge in [0.2, 0.25) is 0 Å². The SMILES string of the molecule is CCCCc1cc(C)c(F)cc1NCC. The van der Waals surface area contributed by atoms with Gasteiger partial charge in [0, 0.05) is 12.2 Å². The fraction of sp³-hybridized carbons (Fsp3) is 0.538. The fourth-order valence-electron chi connectivity index (χ4n) is 1.67. The second-order valence-corrected chi connectivity index (χ2v) is 3.89. The van der Waals surface area contributed by atoms with E-state index in [-0.39, 0.29) is 5.82 Å². The van der Waals surface area contributed by atoms with Crippen LogP contribution in [0.4, 0.5) is 10.1 Å². The predicted octanol–water partition coefficient (Wildman–Crippen LogP) is 3.91. The highest BCUT2D eigenvalue weighted by Gasteiger charge is 2.06. The molecule has 0 heterocycles. The monoisotopic (exact) mass is 209 g/mol. The summed E-state index contributed by atoms with van der Waals surface area (Å²) in [5.41, 5.74) is 2.93. The Bertz CT molecular complexity index is 321. The summed E-state index contributed by atoms with van der Waals surface area (Å²) in [6, 6.07) is 3.58. The first-order valence-electron chi connectivity index (χ1n) is 5.72. The molecule has 1 N–H and O–H groups in total. The van der Waals surface area contributed by atoms with Gasteiger partial charge in [-0.3, -0.25) is 0 Å². The second kappa shape index (κ2) is 5.74. The minimum atomic E-state index is -0.119. The second-order valence-electron chi connectivity index (χ2n) is 3.89. The highest BCUT2D eigenvalue weighted by Crippen LogP contribution is 2.22. The van der Waals surface area contributed by atoms with Crippen LogP contribution in [0, 0.1) is 12.7 Å². The third kappa shape index (κ3) is 3.22. The molecule has 0 atom stereocenters. The quantitative estimate of drug-likeness (QED) is 0.775. The van der Waals surface area contributed by atoms with Crippen LogP contribution >= 0.6 is 0 Å². The number of unbranched alkanes of at least 4 members (excludes halogenated alkanes) is 1. The van der Waals surface area contributed by atoms with Gasteiger partial charge in [0.05, 0.1) is 0 Å². The maximum Gasteiger partial charge on any atom is 0.128 e. The summed E-state index contributed by atoms with van der Waals surface area (Å²) >= 11 is 0. The van der Waals surface area contributed by atoms with Gasteiger partial charge in [-0.2, -0.15) is 0 Å². The van der Waals surface area contributed by atoms with Gasteiger partial charge in [0.15, 0.2) is 0 Å². The number of rotatable bonds is 5. The number of benzene rings is 1. The van der Waals surface area contributed by atoms with Crippen molar-refractivity contribution in [2.24, 2.45) is 0 Å². The minimum absolute atomic E-state index is 0.119. The molecule has 0 aliphatic rings. The van der Waals surface area contributed by atoms with Crippen LogP contribution in [-0.2, 0) is 6.42 Å². The zero-order chi connectivity index (χ0) is 11.3. The number of hydrogen-bond acceptors (Lipinski definition) is 1.